The fourth-order valence-electron chi connectivity index (χ4n) is 2.55. The van der Waals surface area contributed by atoms with Gasteiger partial charge in [-0.15, -0.1) is 10.2 Å². The quantitative estimate of drug-likeness (QED) is 0.430. The Bertz CT molecular complexity index is 1130. The van der Waals surface area contributed by atoms with Gasteiger partial charge in [0.05, 0.1) is 21.7 Å². The van der Waals surface area contributed by atoms with Crippen molar-refractivity contribution in [3.63, 3.8) is 0 Å². The first-order valence-electron chi connectivity index (χ1n) is 8.46. The Kier molecular flexibility index (Phi) is 5.57. The van der Waals surface area contributed by atoms with Crippen molar-refractivity contribution in [2.75, 3.05) is 11.1 Å². The molecule has 0 radical (unpaired) electrons. The topological polar surface area (TPSA) is 67.8 Å². The van der Waals surface area contributed by atoms with Crippen molar-refractivity contribution in [1.29, 1.82) is 0 Å². The molecular weight excluding hydrogens is 412 g/mol. The van der Waals surface area contributed by atoms with E-state index in [4.69, 9.17) is 11.6 Å². The van der Waals surface area contributed by atoms with Crippen LogP contribution in [0, 0.1) is 6.92 Å². The van der Waals surface area contributed by atoms with Crippen LogP contribution in [0.15, 0.2) is 59.6 Å². The number of nitrogens with zero attached hydrogens (tertiary/aromatic N) is 3. The lowest BCUT2D eigenvalue weighted by molar-refractivity contribution is -0.113. The third-order valence-corrected chi connectivity index (χ3v) is 6.03. The van der Waals surface area contributed by atoms with Gasteiger partial charge in [0.1, 0.15) is 5.03 Å². The number of fused-ring (bicyclic) bond motifs is 1. The van der Waals surface area contributed by atoms with Gasteiger partial charge in [-0.3, -0.25) is 4.79 Å². The second-order valence-electron chi connectivity index (χ2n) is 6.09. The Labute approximate surface area is 175 Å². The molecule has 0 atom stereocenters. The maximum atomic E-state index is 12.2. The number of hydrogen-bond donors (Lipinski definition) is 1. The molecule has 28 heavy (non-hydrogen) atoms. The van der Waals surface area contributed by atoms with Crippen LogP contribution in [0.3, 0.4) is 0 Å². The SMILES string of the molecule is Cc1ccc2nc(NC(=O)CSc3ccc(-c4ccc(Cl)cc4)nn3)sc2c1. The number of hydrogen-bond acceptors (Lipinski definition) is 6. The van der Waals surface area contributed by atoms with E-state index in [1.54, 1.807) is 0 Å². The van der Waals surface area contributed by atoms with Crippen molar-refractivity contribution in [3.8, 4) is 11.3 Å². The molecule has 2 aromatic carbocycles. The summed E-state index contributed by atoms with van der Waals surface area (Å²) in [6.45, 7) is 2.04. The van der Waals surface area contributed by atoms with Gasteiger partial charge in [0.2, 0.25) is 5.91 Å². The number of aromatic nitrogens is 3. The van der Waals surface area contributed by atoms with Crippen LogP contribution < -0.4 is 5.32 Å². The number of rotatable bonds is 5. The van der Waals surface area contributed by atoms with Crippen molar-refractivity contribution in [1.82, 2.24) is 15.2 Å². The van der Waals surface area contributed by atoms with Crippen LogP contribution >= 0.6 is 34.7 Å². The fraction of sp³-hybridized carbons (Fsp3) is 0.100. The highest BCUT2D eigenvalue weighted by Gasteiger charge is 2.10. The first-order chi connectivity index (χ1) is 13.6. The van der Waals surface area contributed by atoms with E-state index in [1.165, 1.54) is 28.7 Å². The lowest BCUT2D eigenvalue weighted by atomic mass is 10.1. The molecule has 4 aromatic rings. The first-order valence-corrected chi connectivity index (χ1v) is 10.6. The normalized spacial score (nSPS) is 10.9. The highest BCUT2D eigenvalue weighted by atomic mass is 35.5. The molecule has 0 unspecified atom stereocenters. The Morgan fingerprint density at radius 1 is 1.11 bits per heavy atom. The molecule has 0 fully saturated rings. The molecule has 0 aliphatic carbocycles. The molecule has 0 spiro atoms. The predicted molar refractivity (Wildman–Crippen MR) is 116 cm³/mol. The van der Waals surface area contributed by atoms with Gasteiger partial charge >= 0.3 is 0 Å². The molecule has 140 valence electrons. The van der Waals surface area contributed by atoms with Crippen molar-refractivity contribution >= 4 is 56.0 Å². The summed E-state index contributed by atoms with van der Waals surface area (Å²) >= 11 is 8.71. The zero-order valence-electron chi connectivity index (χ0n) is 14.8. The maximum Gasteiger partial charge on any atom is 0.236 e. The maximum absolute atomic E-state index is 12.2. The lowest BCUT2D eigenvalue weighted by Gasteiger charge is -2.03. The molecular formula is C20H15ClN4OS2. The molecule has 5 nitrogen and oxygen atoms in total. The van der Waals surface area contributed by atoms with Gasteiger partial charge in [0.15, 0.2) is 5.13 Å². The number of carbonyl (C=O) groups is 1. The number of thiazole rings is 1. The van der Waals surface area contributed by atoms with Crippen LogP contribution in [0.4, 0.5) is 5.13 Å². The largest absolute Gasteiger partial charge is 0.301 e. The van der Waals surface area contributed by atoms with Gasteiger partial charge < -0.3 is 5.32 Å². The van der Waals surface area contributed by atoms with Gasteiger partial charge in [-0.25, -0.2) is 4.98 Å². The third-order valence-electron chi connectivity index (χ3n) is 3.92. The van der Waals surface area contributed by atoms with E-state index >= 15 is 0 Å². The van der Waals surface area contributed by atoms with E-state index in [0.717, 1.165) is 21.5 Å². The minimum atomic E-state index is -0.121. The summed E-state index contributed by atoms with van der Waals surface area (Å²) in [5.41, 5.74) is 3.76. The van der Waals surface area contributed by atoms with Crippen molar-refractivity contribution < 1.29 is 4.79 Å². The summed E-state index contributed by atoms with van der Waals surface area (Å²) < 4.78 is 1.06. The van der Waals surface area contributed by atoms with Crippen LogP contribution in [0.2, 0.25) is 5.02 Å². The highest BCUT2D eigenvalue weighted by molar-refractivity contribution is 7.99. The van der Waals surface area contributed by atoms with Crippen LogP contribution in [-0.2, 0) is 4.79 Å². The van der Waals surface area contributed by atoms with Gasteiger partial charge in [0.25, 0.3) is 0 Å². The van der Waals surface area contributed by atoms with E-state index in [1.807, 2.05) is 55.5 Å². The fourth-order valence-corrected chi connectivity index (χ4v) is 4.27. The monoisotopic (exact) mass is 426 g/mol. The molecule has 2 aromatic heterocycles. The Balaban J connectivity index is 1.35. The molecule has 1 amide bonds. The number of anilines is 1. The Morgan fingerprint density at radius 2 is 1.93 bits per heavy atom. The molecule has 0 aliphatic rings. The number of thioether (sulfide) groups is 1. The molecule has 2 heterocycles. The van der Waals surface area contributed by atoms with Crippen LogP contribution in [0.1, 0.15) is 5.56 Å². The average Bonchev–Trinajstić information content (AvgIpc) is 3.08. The van der Waals surface area contributed by atoms with Gasteiger partial charge in [0, 0.05) is 10.6 Å². The second kappa shape index (κ2) is 8.26. The minimum Gasteiger partial charge on any atom is -0.301 e. The molecule has 0 bridgehead atoms. The highest BCUT2D eigenvalue weighted by Crippen LogP contribution is 2.27. The van der Waals surface area contributed by atoms with E-state index < -0.39 is 0 Å². The number of benzene rings is 2. The smallest absolute Gasteiger partial charge is 0.236 e. The molecule has 0 aliphatic heterocycles. The van der Waals surface area contributed by atoms with Crippen molar-refractivity contribution in [2.24, 2.45) is 0 Å². The predicted octanol–water partition coefficient (Wildman–Crippen LogP) is 5.45. The summed E-state index contributed by atoms with van der Waals surface area (Å²) in [6, 6.07) is 17.2. The van der Waals surface area contributed by atoms with E-state index in [9.17, 15) is 4.79 Å². The summed E-state index contributed by atoms with van der Waals surface area (Å²) in [6.07, 6.45) is 0. The zero-order chi connectivity index (χ0) is 19.5. The van der Waals surface area contributed by atoms with Crippen LogP contribution in [0.25, 0.3) is 21.5 Å². The zero-order valence-corrected chi connectivity index (χ0v) is 17.2. The van der Waals surface area contributed by atoms with Crippen LogP contribution in [-0.4, -0.2) is 26.8 Å². The van der Waals surface area contributed by atoms with Crippen molar-refractivity contribution in [3.05, 3.63) is 65.2 Å². The lowest BCUT2D eigenvalue weighted by Crippen LogP contribution is -2.13. The summed E-state index contributed by atoms with van der Waals surface area (Å²) in [5, 5.41) is 13.2. The summed E-state index contributed by atoms with van der Waals surface area (Å²) in [5.74, 6) is 0.119. The molecule has 1 N–H and O–H groups in total. The van der Waals surface area contributed by atoms with E-state index in [0.29, 0.717) is 15.2 Å². The third kappa shape index (κ3) is 4.49. The first kappa shape index (κ1) is 18.9. The number of carbonyl (C=O) groups excluding carboxylic acids is 1. The summed E-state index contributed by atoms with van der Waals surface area (Å²) in [4.78, 5) is 16.7. The molecule has 0 saturated carbocycles. The van der Waals surface area contributed by atoms with Gasteiger partial charge in [-0.2, -0.15) is 0 Å². The van der Waals surface area contributed by atoms with Gasteiger partial charge in [-0.05, 0) is 48.9 Å². The second-order valence-corrected chi connectivity index (χ2v) is 8.55. The molecule has 8 heteroatoms. The Morgan fingerprint density at radius 3 is 2.68 bits per heavy atom. The van der Waals surface area contributed by atoms with E-state index in [-0.39, 0.29) is 11.7 Å². The number of halogens is 1. The molecule has 0 saturated heterocycles. The standard InChI is InChI=1S/C20H15ClN4OS2/c1-12-2-7-16-17(10-12)28-20(22-16)23-18(26)11-27-19-9-8-15(24-25-19)13-3-5-14(21)6-4-13/h2-10H,11H2,1H3,(H,22,23,26). The summed E-state index contributed by atoms with van der Waals surface area (Å²) in [7, 11) is 0. The number of aryl methyl sites for hydroxylation is 1. The van der Waals surface area contributed by atoms with Gasteiger partial charge in [-0.1, -0.05) is 52.9 Å². The van der Waals surface area contributed by atoms with E-state index in [2.05, 4.69) is 26.6 Å². The minimum absolute atomic E-state index is 0.121. The Hall–Kier alpha value is -2.48. The number of nitrogens with one attached hydrogen (secondary N) is 1. The van der Waals surface area contributed by atoms with Crippen molar-refractivity contribution in [2.45, 2.75) is 11.9 Å². The average molecular weight is 427 g/mol. The van der Waals surface area contributed by atoms with Crippen LogP contribution in [0.5, 0.6) is 0 Å². The number of amides is 1. The molecule has 4 rings (SSSR count).